The Morgan fingerprint density at radius 1 is 1.17 bits per heavy atom. The minimum absolute atomic E-state index is 0.280. The van der Waals surface area contributed by atoms with Crippen LogP contribution in [0.2, 0.25) is 5.02 Å². The van der Waals surface area contributed by atoms with Crippen molar-refractivity contribution in [3.63, 3.8) is 0 Å². The van der Waals surface area contributed by atoms with Gasteiger partial charge in [0.1, 0.15) is 12.1 Å². The number of nitrogens with one attached hydrogen (secondary N) is 2. The van der Waals surface area contributed by atoms with Crippen LogP contribution < -0.4 is 10.6 Å². The number of halogens is 2. The lowest BCUT2D eigenvalue weighted by Gasteiger charge is -2.08. The second kappa shape index (κ2) is 7.37. The van der Waals surface area contributed by atoms with Crippen molar-refractivity contribution in [3.8, 4) is 0 Å². The first-order chi connectivity index (χ1) is 11.6. The Morgan fingerprint density at radius 3 is 2.79 bits per heavy atom. The van der Waals surface area contributed by atoms with Crippen molar-refractivity contribution in [2.45, 2.75) is 6.54 Å². The van der Waals surface area contributed by atoms with Crippen LogP contribution in [0.3, 0.4) is 0 Å². The monoisotopic (exact) mass is 361 g/mol. The highest BCUT2D eigenvalue weighted by molar-refractivity contribution is 7.80. The van der Waals surface area contributed by atoms with Gasteiger partial charge >= 0.3 is 0 Å². The number of aromatic nitrogens is 3. The third-order valence-electron chi connectivity index (χ3n) is 3.08. The average Bonchev–Trinajstić information content (AvgIpc) is 2.94. The maximum absolute atomic E-state index is 13.2. The number of thiocarbonyl (C=S) groups is 1. The molecule has 0 unspecified atom stereocenters. The molecule has 0 aliphatic heterocycles. The van der Waals surface area contributed by atoms with Crippen LogP contribution in [0.1, 0.15) is 5.56 Å². The Morgan fingerprint density at radius 2 is 2.00 bits per heavy atom. The molecule has 0 aliphatic rings. The summed E-state index contributed by atoms with van der Waals surface area (Å²) in [5, 5.41) is 11.1. The van der Waals surface area contributed by atoms with Crippen LogP contribution in [-0.2, 0) is 6.54 Å². The van der Waals surface area contributed by atoms with Crippen molar-refractivity contribution in [1.29, 1.82) is 0 Å². The molecule has 0 radical (unpaired) electrons. The summed E-state index contributed by atoms with van der Waals surface area (Å²) in [5.74, 6) is 0.0730. The minimum Gasteiger partial charge on any atom is -0.332 e. The van der Waals surface area contributed by atoms with Gasteiger partial charge in [0.05, 0.1) is 6.54 Å². The largest absolute Gasteiger partial charge is 0.332 e. The van der Waals surface area contributed by atoms with E-state index in [9.17, 15) is 4.39 Å². The maximum atomic E-state index is 13.2. The highest BCUT2D eigenvalue weighted by Gasteiger charge is 2.05. The van der Waals surface area contributed by atoms with E-state index in [0.29, 0.717) is 22.6 Å². The second-order valence-corrected chi connectivity index (χ2v) is 5.83. The first kappa shape index (κ1) is 16.4. The van der Waals surface area contributed by atoms with E-state index in [2.05, 4.69) is 20.7 Å². The summed E-state index contributed by atoms with van der Waals surface area (Å²) >= 11 is 11.1. The third-order valence-corrected chi connectivity index (χ3v) is 3.52. The first-order valence-corrected chi connectivity index (χ1v) is 7.84. The molecule has 1 aromatic heterocycles. The Balaban J connectivity index is 1.60. The molecular weight excluding hydrogens is 349 g/mol. The molecule has 2 aromatic carbocycles. The number of anilines is 2. The van der Waals surface area contributed by atoms with E-state index >= 15 is 0 Å². The van der Waals surface area contributed by atoms with E-state index in [4.69, 9.17) is 23.8 Å². The molecule has 0 atom stereocenters. The molecule has 5 nitrogen and oxygen atoms in total. The molecule has 24 heavy (non-hydrogen) atoms. The molecule has 0 fully saturated rings. The predicted octanol–water partition coefficient (Wildman–Crippen LogP) is 3.93. The zero-order valence-corrected chi connectivity index (χ0v) is 14.0. The molecule has 8 heteroatoms. The second-order valence-electron chi connectivity index (χ2n) is 4.99. The molecular formula is C16H13ClFN5S. The lowest BCUT2D eigenvalue weighted by Crippen LogP contribution is -2.20. The summed E-state index contributed by atoms with van der Waals surface area (Å²) in [6.45, 7) is 0.418. The van der Waals surface area contributed by atoms with Gasteiger partial charge in [-0.05, 0) is 48.1 Å². The first-order valence-electron chi connectivity index (χ1n) is 7.06. The smallest absolute Gasteiger partial charge is 0.248 e. The Labute approximate surface area is 148 Å². The van der Waals surface area contributed by atoms with Crippen LogP contribution in [0.4, 0.5) is 16.0 Å². The van der Waals surface area contributed by atoms with Crippen molar-refractivity contribution in [3.05, 3.63) is 71.3 Å². The molecule has 3 aromatic rings. The molecule has 3 rings (SSSR count). The van der Waals surface area contributed by atoms with Crippen molar-refractivity contribution in [1.82, 2.24) is 14.8 Å². The molecule has 0 saturated carbocycles. The summed E-state index contributed by atoms with van der Waals surface area (Å²) in [6.07, 6.45) is 1.55. The zero-order chi connectivity index (χ0) is 16.9. The maximum Gasteiger partial charge on any atom is 0.248 e. The zero-order valence-electron chi connectivity index (χ0n) is 12.4. The van der Waals surface area contributed by atoms with Crippen molar-refractivity contribution < 1.29 is 4.39 Å². The standard InChI is InChI=1S/C16H13ClFN5S/c17-12-4-2-6-14(8-12)20-16(24)21-15-19-10-23(22-15)9-11-3-1-5-13(18)7-11/h1-8,10H,9H2,(H2,20,21,22,24). The van der Waals surface area contributed by atoms with Crippen LogP contribution in [-0.4, -0.2) is 19.9 Å². The van der Waals surface area contributed by atoms with Crippen LogP contribution in [0.5, 0.6) is 0 Å². The molecule has 0 aliphatic carbocycles. The summed E-state index contributed by atoms with van der Waals surface area (Å²) in [6, 6.07) is 13.5. The van der Waals surface area contributed by atoms with E-state index < -0.39 is 0 Å². The van der Waals surface area contributed by atoms with Crippen LogP contribution in [0.15, 0.2) is 54.9 Å². The van der Waals surface area contributed by atoms with E-state index in [1.165, 1.54) is 12.1 Å². The Hall–Kier alpha value is -2.51. The third kappa shape index (κ3) is 4.50. The van der Waals surface area contributed by atoms with E-state index in [1.54, 1.807) is 29.2 Å². The van der Waals surface area contributed by atoms with Gasteiger partial charge in [0.15, 0.2) is 5.11 Å². The van der Waals surface area contributed by atoms with Gasteiger partial charge in [-0.25, -0.2) is 14.1 Å². The summed E-state index contributed by atoms with van der Waals surface area (Å²) in [4.78, 5) is 4.13. The molecule has 0 spiro atoms. The van der Waals surface area contributed by atoms with Crippen molar-refractivity contribution in [2.75, 3.05) is 10.6 Å². The van der Waals surface area contributed by atoms with E-state index in [0.717, 1.165) is 11.3 Å². The van der Waals surface area contributed by atoms with Crippen molar-refractivity contribution in [2.24, 2.45) is 0 Å². The molecule has 1 heterocycles. The fraction of sp³-hybridized carbons (Fsp3) is 0.0625. The van der Waals surface area contributed by atoms with Gasteiger partial charge in [0.2, 0.25) is 5.95 Å². The van der Waals surface area contributed by atoms with Gasteiger partial charge in [-0.3, -0.25) is 5.32 Å². The quantitative estimate of drug-likeness (QED) is 0.690. The number of nitrogens with zero attached hydrogens (tertiary/aromatic N) is 3. The van der Waals surface area contributed by atoms with Crippen LogP contribution >= 0.6 is 23.8 Å². The minimum atomic E-state index is -0.280. The van der Waals surface area contributed by atoms with Gasteiger partial charge < -0.3 is 5.32 Å². The number of rotatable bonds is 4. The van der Waals surface area contributed by atoms with Gasteiger partial charge in [-0.1, -0.05) is 29.8 Å². The molecule has 0 amide bonds. The lowest BCUT2D eigenvalue weighted by atomic mass is 10.2. The number of hydrogen-bond acceptors (Lipinski definition) is 3. The Bertz CT molecular complexity index is 867. The van der Waals surface area contributed by atoms with Gasteiger partial charge in [-0.2, -0.15) is 0 Å². The van der Waals surface area contributed by atoms with Crippen LogP contribution in [0, 0.1) is 5.82 Å². The average molecular weight is 362 g/mol. The van der Waals surface area contributed by atoms with Crippen LogP contribution in [0.25, 0.3) is 0 Å². The summed E-state index contributed by atoms with van der Waals surface area (Å²) in [5.41, 5.74) is 1.56. The molecule has 2 N–H and O–H groups in total. The normalized spacial score (nSPS) is 10.4. The predicted molar refractivity (Wildman–Crippen MR) is 96.8 cm³/mol. The molecule has 0 saturated heterocycles. The van der Waals surface area contributed by atoms with Gasteiger partial charge in [-0.15, -0.1) is 5.10 Å². The summed E-state index contributed by atoms with van der Waals surface area (Å²) in [7, 11) is 0. The summed E-state index contributed by atoms with van der Waals surface area (Å²) < 4.78 is 14.8. The van der Waals surface area contributed by atoms with Crippen molar-refractivity contribution >= 4 is 40.6 Å². The highest BCUT2D eigenvalue weighted by Crippen LogP contribution is 2.15. The van der Waals surface area contributed by atoms with Gasteiger partial charge in [0.25, 0.3) is 0 Å². The van der Waals surface area contributed by atoms with Gasteiger partial charge in [0, 0.05) is 10.7 Å². The number of hydrogen-bond donors (Lipinski definition) is 2. The topological polar surface area (TPSA) is 54.8 Å². The number of benzene rings is 2. The highest BCUT2D eigenvalue weighted by atomic mass is 35.5. The lowest BCUT2D eigenvalue weighted by molar-refractivity contribution is 0.619. The fourth-order valence-corrected chi connectivity index (χ4v) is 2.48. The van der Waals surface area contributed by atoms with E-state index in [1.807, 2.05) is 18.2 Å². The molecule has 122 valence electrons. The Kier molecular flexibility index (Phi) is 5.02. The molecule has 0 bridgehead atoms. The fourth-order valence-electron chi connectivity index (χ4n) is 2.08. The van der Waals surface area contributed by atoms with E-state index in [-0.39, 0.29) is 5.82 Å². The SMILES string of the molecule is Fc1cccc(Cn2cnc(NC(=S)Nc3cccc(Cl)c3)n2)c1.